The van der Waals surface area contributed by atoms with Crippen molar-refractivity contribution in [3.63, 3.8) is 0 Å². The van der Waals surface area contributed by atoms with Crippen LogP contribution in [0.15, 0.2) is 41.8 Å². The summed E-state index contributed by atoms with van der Waals surface area (Å²) in [5.41, 5.74) is 0.881. The maximum absolute atomic E-state index is 12.4. The lowest BCUT2D eigenvalue weighted by Crippen LogP contribution is -2.42. The predicted molar refractivity (Wildman–Crippen MR) is 120 cm³/mol. The van der Waals surface area contributed by atoms with Gasteiger partial charge < -0.3 is 10.2 Å². The van der Waals surface area contributed by atoms with Crippen molar-refractivity contribution in [3.05, 3.63) is 42.5 Å². The summed E-state index contributed by atoms with van der Waals surface area (Å²) >= 11 is 5.78. The van der Waals surface area contributed by atoms with Crippen molar-refractivity contribution >= 4 is 39.3 Å². The van der Waals surface area contributed by atoms with Gasteiger partial charge in [0.2, 0.25) is 5.91 Å². The molecule has 3 heterocycles. The molecule has 1 atom stereocenters. The average Bonchev–Trinajstić information content (AvgIpc) is 2.76. The number of amides is 1. The molecule has 2 aromatic rings. The number of aliphatic imine (C=N–C) groups is 1. The predicted octanol–water partition coefficient (Wildman–Crippen LogP) is 4.50. The molecule has 0 bridgehead atoms. The van der Waals surface area contributed by atoms with Crippen molar-refractivity contribution < 1.29 is 13.6 Å². The first-order chi connectivity index (χ1) is 14.8. The fraction of sp³-hybridized carbons (Fsp3) is 0.455. The Labute approximate surface area is 185 Å². The third kappa shape index (κ3) is 6.19. The van der Waals surface area contributed by atoms with Gasteiger partial charge in [0, 0.05) is 54.3 Å². The van der Waals surface area contributed by atoms with E-state index in [4.69, 9.17) is 16.6 Å². The zero-order chi connectivity index (χ0) is 22.4. The van der Waals surface area contributed by atoms with Gasteiger partial charge in [0.25, 0.3) is 6.43 Å². The van der Waals surface area contributed by atoms with E-state index in [2.05, 4.69) is 20.2 Å². The monoisotopic (exact) mass is 449 g/mol. The van der Waals surface area contributed by atoms with Crippen LogP contribution in [-0.4, -0.2) is 47.1 Å². The molecule has 0 spiro atoms. The van der Waals surface area contributed by atoms with E-state index in [0.29, 0.717) is 31.1 Å². The van der Waals surface area contributed by atoms with E-state index in [1.54, 1.807) is 19.3 Å². The second-order valence-electron chi connectivity index (χ2n) is 7.62. The van der Waals surface area contributed by atoms with Crippen molar-refractivity contribution in [3.8, 4) is 0 Å². The normalized spacial score (nSPS) is 17.0. The summed E-state index contributed by atoms with van der Waals surface area (Å²) in [5, 5.41) is 4.76. The molecule has 3 rings (SSSR count). The highest BCUT2D eigenvalue weighted by Crippen LogP contribution is 2.31. The fourth-order valence-electron chi connectivity index (χ4n) is 3.62. The van der Waals surface area contributed by atoms with Crippen LogP contribution >= 0.6 is 11.6 Å². The van der Waals surface area contributed by atoms with Gasteiger partial charge in [-0.1, -0.05) is 24.6 Å². The summed E-state index contributed by atoms with van der Waals surface area (Å²) in [6.07, 6.45) is 5.79. The van der Waals surface area contributed by atoms with Crippen LogP contribution in [0.2, 0.25) is 0 Å². The van der Waals surface area contributed by atoms with Crippen LogP contribution in [-0.2, 0) is 4.79 Å². The van der Waals surface area contributed by atoms with Crippen LogP contribution in [0, 0.1) is 5.92 Å². The van der Waals surface area contributed by atoms with E-state index in [1.165, 1.54) is 0 Å². The molecule has 2 aromatic heterocycles. The summed E-state index contributed by atoms with van der Waals surface area (Å²) < 4.78 is 24.7. The van der Waals surface area contributed by atoms with Crippen LogP contribution in [0.5, 0.6) is 0 Å². The molecule has 1 amide bonds. The third-order valence-electron chi connectivity index (χ3n) is 5.32. The second-order valence-corrected chi connectivity index (χ2v) is 8.17. The van der Waals surface area contributed by atoms with E-state index in [0.717, 1.165) is 22.3 Å². The number of nitrogens with one attached hydrogen (secondary N) is 1. The van der Waals surface area contributed by atoms with Gasteiger partial charge in [0.05, 0.1) is 12.2 Å². The number of aromatic nitrogens is 2. The fourth-order valence-corrected chi connectivity index (χ4v) is 3.68. The molecule has 31 heavy (non-hydrogen) atoms. The van der Waals surface area contributed by atoms with E-state index < -0.39 is 13.0 Å². The first-order valence-electron chi connectivity index (χ1n) is 10.3. The van der Waals surface area contributed by atoms with E-state index in [1.807, 2.05) is 31.3 Å². The number of halogens is 3. The number of piperidine rings is 1. The molecule has 1 aliphatic rings. The minimum Gasteiger partial charge on any atom is -0.356 e. The van der Waals surface area contributed by atoms with E-state index in [9.17, 15) is 13.6 Å². The summed E-state index contributed by atoms with van der Waals surface area (Å²) in [7, 11) is 0. The lowest BCUT2D eigenvalue weighted by atomic mass is 9.95. The number of carbonyl (C=O) groups excluding carboxylic acids is 1. The smallest absolute Gasteiger partial charge is 0.255 e. The summed E-state index contributed by atoms with van der Waals surface area (Å²) in [6, 6.07) is 3.95. The second kappa shape index (κ2) is 10.6. The Bertz CT molecular complexity index is 970. The first-order valence-corrected chi connectivity index (χ1v) is 10.6. The first kappa shape index (κ1) is 23.1. The Balaban J connectivity index is 1.79. The van der Waals surface area contributed by atoms with E-state index >= 15 is 0 Å². The van der Waals surface area contributed by atoms with Crippen molar-refractivity contribution in [2.24, 2.45) is 10.9 Å². The molecule has 1 unspecified atom stereocenters. The number of nitrogens with zero attached hydrogens (tertiary/aromatic N) is 4. The van der Waals surface area contributed by atoms with Gasteiger partial charge in [0.1, 0.15) is 11.0 Å². The molecule has 1 aliphatic heterocycles. The maximum atomic E-state index is 12.4. The highest BCUT2D eigenvalue weighted by molar-refractivity contribution is 6.64. The molecular weight excluding hydrogens is 424 g/mol. The molecule has 1 fully saturated rings. The van der Waals surface area contributed by atoms with Crippen molar-refractivity contribution in [1.82, 2.24) is 15.3 Å². The standard InChI is InChI=1S/C22H26ClF2N5O/c1-14(3-8-27-15(2)23)19-11-17-12-26-7-4-18(17)21(29-19)30-9-5-16(6-10-30)22(31)28-13-20(24)25/h3-4,7-8,11-12,14,16,20H,5-6,9-10,13H2,1-2H3,(H,28,31)/b8-3-,27-15?. The lowest BCUT2D eigenvalue weighted by Gasteiger charge is -2.33. The number of allylic oxidation sites excluding steroid dienone is 1. The number of hydrogen-bond donors (Lipinski definition) is 1. The number of alkyl halides is 2. The van der Waals surface area contributed by atoms with Crippen LogP contribution in [0.25, 0.3) is 10.8 Å². The van der Waals surface area contributed by atoms with Gasteiger partial charge in [0.15, 0.2) is 0 Å². The Morgan fingerprint density at radius 1 is 1.42 bits per heavy atom. The minimum atomic E-state index is -2.54. The Morgan fingerprint density at radius 2 is 2.16 bits per heavy atom. The molecule has 1 saturated heterocycles. The maximum Gasteiger partial charge on any atom is 0.255 e. The largest absolute Gasteiger partial charge is 0.356 e. The molecule has 9 heteroatoms. The highest BCUT2D eigenvalue weighted by atomic mass is 35.5. The van der Waals surface area contributed by atoms with Crippen molar-refractivity contribution in [2.45, 2.75) is 39.0 Å². The molecule has 0 aliphatic carbocycles. The van der Waals surface area contributed by atoms with Gasteiger partial charge >= 0.3 is 0 Å². The summed E-state index contributed by atoms with van der Waals surface area (Å²) in [4.78, 5) is 27.5. The Morgan fingerprint density at radius 3 is 2.84 bits per heavy atom. The average molecular weight is 450 g/mol. The minimum absolute atomic E-state index is 0.0146. The molecule has 0 aromatic carbocycles. The van der Waals surface area contributed by atoms with Crippen LogP contribution < -0.4 is 10.2 Å². The van der Waals surface area contributed by atoms with E-state index in [-0.39, 0.29) is 17.7 Å². The number of hydrogen-bond acceptors (Lipinski definition) is 5. The van der Waals surface area contributed by atoms with Crippen molar-refractivity contribution in [2.75, 3.05) is 24.5 Å². The van der Waals surface area contributed by atoms with Gasteiger partial charge in [-0.25, -0.2) is 18.8 Å². The zero-order valence-corrected chi connectivity index (χ0v) is 18.3. The van der Waals surface area contributed by atoms with Gasteiger partial charge in [-0.15, -0.1) is 0 Å². The molecular formula is C22H26ClF2N5O. The zero-order valence-electron chi connectivity index (χ0n) is 17.6. The highest BCUT2D eigenvalue weighted by Gasteiger charge is 2.27. The van der Waals surface area contributed by atoms with Crippen LogP contribution in [0.1, 0.15) is 38.3 Å². The number of pyridine rings is 2. The number of carbonyl (C=O) groups is 1. The quantitative estimate of drug-likeness (QED) is 0.632. The van der Waals surface area contributed by atoms with Crippen LogP contribution in [0.3, 0.4) is 0 Å². The molecule has 1 N–H and O–H groups in total. The van der Waals surface area contributed by atoms with Crippen molar-refractivity contribution in [1.29, 1.82) is 0 Å². The number of anilines is 1. The Kier molecular flexibility index (Phi) is 7.90. The van der Waals surface area contributed by atoms with Gasteiger partial charge in [-0.05, 0) is 31.9 Å². The molecule has 0 saturated carbocycles. The van der Waals surface area contributed by atoms with Gasteiger partial charge in [-0.3, -0.25) is 9.78 Å². The number of rotatable bonds is 7. The van der Waals surface area contributed by atoms with Crippen LogP contribution in [0.4, 0.5) is 14.6 Å². The molecule has 0 radical (unpaired) electrons. The molecule has 6 nitrogen and oxygen atoms in total. The Hall–Kier alpha value is -2.61. The summed E-state index contributed by atoms with van der Waals surface area (Å²) in [5.74, 6) is 0.300. The topological polar surface area (TPSA) is 70.5 Å². The SMILES string of the molecule is CC(Cl)=N/C=C\C(C)c1cc2cnccc2c(N2CCC(C(=O)NCC(F)F)CC2)n1. The summed E-state index contributed by atoms with van der Waals surface area (Å²) in [6.45, 7) is 4.40. The molecule has 166 valence electrons. The van der Waals surface area contributed by atoms with Gasteiger partial charge in [-0.2, -0.15) is 0 Å². The number of fused-ring (bicyclic) bond motifs is 1. The third-order valence-corrected chi connectivity index (χ3v) is 5.42. The lowest BCUT2D eigenvalue weighted by molar-refractivity contribution is -0.126.